The van der Waals surface area contributed by atoms with Gasteiger partial charge in [-0.25, -0.2) is 0 Å². The Morgan fingerprint density at radius 3 is 2.62 bits per heavy atom. The molecule has 0 fully saturated rings. The number of aromatic amines is 1. The second kappa shape index (κ2) is 7.42. The fraction of sp³-hybridized carbons (Fsp3) is 0.222. The highest BCUT2D eigenvalue weighted by Gasteiger charge is 2.14. The lowest BCUT2D eigenvalue weighted by atomic mass is 10.2. The molecule has 1 heterocycles. The molecule has 3 rings (SSSR count). The summed E-state index contributed by atoms with van der Waals surface area (Å²) < 4.78 is 29.3. The molecule has 0 amide bonds. The van der Waals surface area contributed by atoms with Gasteiger partial charge in [0.2, 0.25) is 0 Å². The number of aromatic nitrogens is 1. The van der Waals surface area contributed by atoms with E-state index in [4.69, 9.17) is 4.18 Å². The maximum Gasteiger partial charge on any atom is 0.296 e. The molecule has 126 valence electrons. The second-order valence-corrected chi connectivity index (χ2v) is 8.22. The minimum atomic E-state index is -3.67. The van der Waals surface area contributed by atoms with Gasteiger partial charge in [0.25, 0.3) is 10.1 Å². The van der Waals surface area contributed by atoms with Crippen LogP contribution >= 0.6 is 11.8 Å². The summed E-state index contributed by atoms with van der Waals surface area (Å²) in [6.45, 7) is 2.09. The first kappa shape index (κ1) is 17.1. The lowest BCUT2D eigenvalue weighted by Crippen LogP contribution is -2.09. The van der Waals surface area contributed by atoms with Crippen molar-refractivity contribution in [1.82, 2.24) is 4.98 Å². The van der Waals surface area contributed by atoms with E-state index in [9.17, 15) is 8.42 Å². The van der Waals surface area contributed by atoms with Gasteiger partial charge in [0.05, 0.1) is 11.5 Å². The van der Waals surface area contributed by atoms with Crippen LogP contribution in [-0.2, 0) is 20.1 Å². The third-order valence-electron chi connectivity index (χ3n) is 3.71. The van der Waals surface area contributed by atoms with Crippen LogP contribution in [0.3, 0.4) is 0 Å². The summed E-state index contributed by atoms with van der Waals surface area (Å²) in [5, 5.41) is 1.21. The minimum absolute atomic E-state index is 0.170. The van der Waals surface area contributed by atoms with Crippen LogP contribution in [0.1, 0.15) is 11.1 Å². The van der Waals surface area contributed by atoms with Crippen LogP contribution in [0.25, 0.3) is 10.9 Å². The van der Waals surface area contributed by atoms with Crippen LogP contribution in [0.4, 0.5) is 0 Å². The number of aryl methyl sites for hydroxylation is 1. The van der Waals surface area contributed by atoms with Crippen molar-refractivity contribution >= 4 is 32.8 Å². The van der Waals surface area contributed by atoms with Crippen molar-refractivity contribution < 1.29 is 12.6 Å². The third-order valence-corrected chi connectivity index (χ3v) is 6.01. The molecular formula is C18H19NO3S2. The van der Waals surface area contributed by atoms with Gasteiger partial charge in [0, 0.05) is 28.6 Å². The molecule has 0 aliphatic carbocycles. The van der Waals surface area contributed by atoms with E-state index in [0.29, 0.717) is 5.75 Å². The topological polar surface area (TPSA) is 59.2 Å². The molecule has 0 unspecified atom stereocenters. The van der Waals surface area contributed by atoms with Gasteiger partial charge < -0.3 is 4.98 Å². The van der Waals surface area contributed by atoms with Gasteiger partial charge in [0.1, 0.15) is 0 Å². The van der Waals surface area contributed by atoms with E-state index in [1.54, 1.807) is 36.0 Å². The molecule has 3 aromatic rings. The summed E-state index contributed by atoms with van der Waals surface area (Å²) in [7, 11) is -3.67. The maximum atomic E-state index is 12.1. The van der Waals surface area contributed by atoms with Crippen molar-refractivity contribution in [3.63, 3.8) is 0 Å². The fourth-order valence-electron chi connectivity index (χ4n) is 2.41. The summed E-state index contributed by atoms with van der Waals surface area (Å²) in [5.41, 5.74) is 3.35. The van der Waals surface area contributed by atoms with Crippen molar-refractivity contribution in [2.75, 3.05) is 12.4 Å². The van der Waals surface area contributed by atoms with E-state index in [-0.39, 0.29) is 11.5 Å². The van der Waals surface area contributed by atoms with Crippen LogP contribution < -0.4 is 0 Å². The number of thioether (sulfide) groups is 1. The standard InChI is InChI=1S/C18H19NO3S2/c1-14-6-8-16(9-7-14)24(20,21)22-10-11-23-13-15-12-19-18-5-3-2-4-17(15)18/h2-9,12,19H,10-11,13H2,1H3. The Morgan fingerprint density at radius 1 is 1.08 bits per heavy atom. The van der Waals surface area contributed by atoms with Crippen LogP contribution in [0.15, 0.2) is 59.6 Å². The first-order valence-corrected chi connectivity index (χ1v) is 10.2. The van der Waals surface area contributed by atoms with E-state index >= 15 is 0 Å². The van der Waals surface area contributed by atoms with Gasteiger partial charge in [-0.1, -0.05) is 35.9 Å². The van der Waals surface area contributed by atoms with E-state index in [1.165, 1.54) is 10.9 Å². The normalized spacial score (nSPS) is 11.9. The Balaban J connectivity index is 1.49. The van der Waals surface area contributed by atoms with Gasteiger partial charge in [-0.3, -0.25) is 4.18 Å². The van der Waals surface area contributed by atoms with Crippen LogP contribution in [-0.4, -0.2) is 25.8 Å². The Bertz CT molecular complexity index is 915. The highest BCUT2D eigenvalue weighted by Crippen LogP contribution is 2.22. The lowest BCUT2D eigenvalue weighted by Gasteiger charge is -2.06. The van der Waals surface area contributed by atoms with Gasteiger partial charge in [0.15, 0.2) is 0 Å². The van der Waals surface area contributed by atoms with Crippen molar-refractivity contribution in [3.05, 3.63) is 65.9 Å². The maximum absolute atomic E-state index is 12.1. The van der Waals surface area contributed by atoms with E-state index in [0.717, 1.165) is 16.8 Å². The number of hydrogen-bond acceptors (Lipinski definition) is 4. The summed E-state index contributed by atoms with van der Waals surface area (Å²) in [5.74, 6) is 1.43. The third kappa shape index (κ3) is 4.01. The number of benzene rings is 2. The minimum Gasteiger partial charge on any atom is -0.361 e. The molecule has 0 bridgehead atoms. The molecule has 0 aliphatic heterocycles. The number of rotatable bonds is 7. The summed E-state index contributed by atoms with van der Waals surface area (Å²) in [4.78, 5) is 3.44. The predicted molar refractivity (Wildman–Crippen MR) is 98.8 cm³/mol. The zero-order chi connectivity index (χ0) is 17.0. The smallest absolute Gasteiger partial charge is 0.296 e. The monoisotopic (exact) mass is 361 g/mol. The van der Waals surface area contributed by atoms with Gasteiger partial charge in [-0.2, -0.15) is 20.2 Å². The lowest BCUT2D eigenvalue weighted by molar-refractivity contribution is 0.341. The van der Waals surface area contributed by atoms with Crippen molar-refractivity contribution in [2.45, 2.75) is 17.6 Å². The summed E-state index contributed by atoms with van der Waals surface area (Å²) in [6.07, 6.45) is 2.00. The number of H-pyrrole nitrogens is 1. The highest BCUT2D eigenvalue weighted by molar-refractivity contribution is 7.98. The zero-order valence-corrected chi connectivity index (χ0v) is 15.0. The molecule has 0 atom stereocenters. The molecule has 0 saturated carbocycles. The van der Waals surface area contributed by atoms with E-state index < -0.39 is 10.1 Å². The molecule has 6 heteroatoms. The highest BCUT2D eigenvalue weighted by atomic mass is 32.2. The Hall–Kier alpha value is -1.76. The van der Waals surface area contributed by atoms with E-state index in [1.807, 2.05) is 31.3 Å². The van der Waals surface area contributed by atoms with Crippen molar-refractivity contribution in [3.8, 4) is 0 Å². The fourth-order valence-corrected chi connectivity index (χ4v) is 4.23. The van der Waals surface area contributed by atoms with Crippen LogP contribution in [0.2, 0.25) is 0 Å². The molecular weight excluding hydrogens is 342 g/mol. The van der Waals surface area contributed by atoms with Gasteiger partial charge in [-0.05, 0) is 30.7 Å². The zero-order valence-electron chi connectivity index (χ0n) is 13.4. The molecule has 0 spiro atoms. The summed E-state index contributed by atoms with van der Waals surface area (Å²) >= 11 is 1.65. The average Bonchev–Trinajstić information content (AvgIpc) is 2.98. The quantitative estimate of drug-likeness (QED) is 0.508. The Kier molecular flexibility index (Phi) is 5.28. The van der Waals surface area contributed by atoms with Crippen molar-refractivity contribution in [1.29, 1.82) is 0 Å². The number of fused-ring (bicyclic) bond motifs is 1. The van der Waals surface area contributed by atoms with Crippen LogP contribution in [0, 0.1) is 6.92 Å². The molecule has 0 aliphatic rings. The average molecular weight is 361 g/mol. The van der Waals surface area contributed by atoms with Gasteiger partial charge >= 0.3 is 0 Å². The van der Waals surface area contributed by atoms with E-state index in [2.05, 4.69) is 11.1 Å². The SMILES string of the molecule is Cc1ccc(S(=O)(=O)OCCSCc2c[nH]c3ccccc23)cc1. The predicted octanol–water partition coefficient (Wildman–Crippen LogP) is 4.12. The Labute approximate surface area is 146 Å². The Morgan fingerprint density at radius 2 is 1.83 bits per heavy atom. The largest absolute Gasteiger partial charge is 0.361 e. The first-order chi connectivity index (χ1) is 11.6. The molecule has 1 N–H and O–H groups in total. The van der Waals surface area contributed by atoms with Crippen molar-refractivity contribution in [2.24, 2.45) is 0 Å². The second-order valence-electron chi connectivity index (χ2n) is 5.50. The molecule has 1 aromatic heterocycles. The summed E-state index contributed by atoms with van der Waals surface area (Å²) in [6, 6.07) is 14.8. The molecule has 2 aromatic carbocycles. The first-order valence-electron chi connectivity index (χ1n) is 7.65. The number of nitrogens with one attached hydrogen (secondary N) is 1. The molecule has 0 saturated heterocycles. The number of hydrogen-bond donors (Lipinski definition) is 1. The van der Waals surface area contributed by atoms with Crippen LogP contribution in [0.5, 0.6) is 0 Å². The number of para-hydroxylation sites is 1. The molecule has 4 nitrogen and oxygen atoms in total. The van der Waals surface area contributed by atoms with Gasteiger partial charge in [-0.15, -0.1) is 0 Å². The molecule has 0 radical (unpaired) electrons. The molecule has 24 heavy (non-hydrogen) atoms.